The Bertz CT molecular complexity index is 669. The molecular formula is C20H26O4. The monoisotopic (exact) mass is 330 g/mol. The van der Waals surface area contributed by atoms with Gasteiger partial charge in [-0.25, -0.2) is 0 Å². The van der Waals surface area contributed by atoms with Crippen molar-refractivity contribution in [3.05, 3.63) is 12.2 Å². The molecule has 0 aromatic carbocycles. The fraction of sp³-hybridized carbons (Fsp3) is 0.800. The lowest BCUT2D eigenvalue weighted by molar-refractivity contribution is -0.161. The number of rotatable bonds is 1. The van der Waals surface area contributed by atoms with Crippen LogP contribution in [0.4, 0.5) is 0 Å². The standard InChI is InChI=1S/C20H26O4/c1-11-9-19-10-12(11)5-6-13(19)20-8-4-7-18(2,17(22)24-20)15(20)14(19)16(21)23-3/h12-15H,1,4-10H2,2-3H3/t12-,13+,14+,15+,18+,19-,20+/m0/s1. The highest BCUT2D eigenvalue weighted by Gasteiger charge is 2.81. The lowest BCUT2D eigenvalue weighted by Gasteiger charge is -2.43. The van der Waals surface area contributed by atoms with Crippen molar-refractivity contribution in [2.75, 3.05) is 7.11 Å². The number of allylic oxidation sites excluding steroid dienone is 1. The SMILES string of the molecule is C=C1C[C@]23C[C@@H]1CC[C@H]2[C@@]12CCC[C@@](C)(C(=O)O1)[C@H]2[C@@H]3C(=O)OC. The molecule has 1 spiro atoms. The Hall–Kier alpha value is -1.32. The fourth-order valence-corrected chi connectivity index (χ4v) is 7.81. The molecule has 5 fully saturated rings. The highest BCUT2D eigenvalue weighted by Crippen LogP contribution is 2.77. The van der Waals surface area contributed by atoms with Crippen LogP contribution >= 0.6 is 0 Å². The molecule has 24 heavy (non-hydrogen) atoms. The Morgan fingerprint density at radius 3 is 2.88 bits per heavy atom. The third-order valence-corrected chi connectivity index (χ3v) is 8.48. The van der Waals surface area contributed by atoms with Gasteiger partial charge in [0.15, 0.2) is 0 Å². The molecule has 7 atom stereocenters. The summed E-state index contributed by atoms with van der Waals surface area (Å²) in [5.74, 6) is 0.383. The van der Waals surface area contributed by atoms with Crippen LogP contribution in [0.2, 0.25) is 0 Å². The molecule has 4 bridgehead atoms. The van der Waals surface area contributed by atoms with Gasteiger partial charge in [0.05, 0.1) is 18.4 Å². The van der Waals surface area contributed by atoms with Gasteiger partial charge in [0.25, 0.3) is 0 Å². The van der Waals surface area contributed by atoms with Gasteiger partial charge in [-0.1, -0.05) is 12.2 Å². The maximum atomic E-state index is 13.0. The summed E-state index contributed by atoms with van der Waals surface area (Å²) in [6.45, 7) is 6.36. The number of carbonyl (C=O) groups is 2. The Morgan fingerprint density at radius 2 is 2.12 bits per heavy atom. The molecule has 1 saturated heterocycles. The maximum absolute atomic E-state index is 13.0. The molecule has 5 aliphatic rings. The summed E-state index contributed by atoms with van der Waals surface area (Å²) in [6.07, 6.45) is 6.88. The number of esters is 2. The minimum absolute atomic E-state index is 0.0200. The summed E-state index contributed by atoms with van der Waals surface area (Å²) in [7, 11) is 1.48. The molecule has 1 aliphatic heterocycles. The maximum Gasteiger partial charge on any atom is 0.312 e. The normalized spacial score (nSPS) is 54.2. The molecule has 130 valence electrons. The van der Waals surface area contributed by atoms with Gasteiger partial charge in [-0.05, 0) is 63.2 Å². The molecule has 0 amide bonds. The summed E-state index contributed by atoms with van der Waals surface area (Å²) in [4.78, 5) is 25.8. The van der Waals surface area contributed by atoms with Gasteiger partial charge in [-0.2, -0.15) is 0 Å². The third kappa shape index (κ3) is 1.36. The zero-order valence-electron chi connectivity index (χ0n) is 14.6. The number of carbonyl (C=O) groups excluding carboxylic acids is 2. The van der Waals surface area contributed by atoms with Crippen molar-refractivity contribution in [3.8, 4) is 0 Å². The molecule has 0 N–H and O–H groups in total. The van der Waals surface area contributed by atoms with Crippen LogP contribution in [0.3, 0.4) is 0 Å². The first-order valence-corrected chi connectivity index (χ1v) is 9.38. The zero-order chi connectivity index (χ0) is 16.9. The average Bonchev–Trinajstić information content (AvgIpc) is 2.99. The van der Waals surface area contributed by atoms with Crippen molar-refractivity contribution in [2.24, 2.45) is 34.5 Å². The number of fused-ring (bicyclic) bond motifs is 1. The fourth-order valence-electron chi connectivity index (χ4n) is 7.81. The topological polar surface area (TPSA) is 52.6 Å². The quantitative estimate of drug-likeness (QED) is 0.547. The second-order valence-corrected chi connectivity index (χ2v) is 9.19. The molecule has 4 aliphatic carbocycles. The minimum Gasteiger partial charge on any atom is -0.469 e. The lowest BCUT2D eigenvalue weighted by atomic mass is 9.60. The predicted molar refractivity (Wildman–Crippen MR) is 86.8 cm³/mol. The van der Waals surface area contributed by atoms with Crippen molar-refractivity contribution < 1.29 is 19.1 Å². The van der Waals surface area contributed by atoms with Gasteiger partial charge < -0.3 is 9.47 Å². The van der Waals surface area contributed by atoms with Crippen LogP contribution in [0, 0.1) is 34.5 Å². The summed E-state index contributed by atoms with van der Waals surface area (Å²) in [5, 5.41) is 0. The van der Waals surface area contributed by atoms with Crippen LogP contribution in [0.25, 0.3) is 0 Å². The molecular weight excluding hydrogens is 304 g/mol. The smallest absolute Gasteiger partial charge is 0.312 e. The second kappa shape index (κ2) is 4.25. The van der Waals surface area contributed by atoms with E-state index in [4.69, 9.17) is 9.47 Å². The van der Waals surface area contributed by atoms with Crippen molar-refractivity contribution in [1.29, 1.82) is 0 Å². The highest BCUT2D eigenvalue weighted by atomic mass is 16.6. The van der Waals surface area contributed by atoms with Gasteiger partial charge in [-0.15, -0.1) is 0 Å². The Morgan fingerprint density at radius 1 is 1.33 bits per heavy atom. The first-order valence-electron chi connectivity index (χ1n) is 9.38. The van der Waals surface area contributed by atoms with E-state index in [-0.39, 0.29) is 29.2 Å². The molecule has 0 unspecified atom stereocenters. The van der Waals surface area contributed by atoms with E-state index < -0.39 is 11.0 Å². The molecule has 4 heteroatoms. The molecule has 4 saturated carbocycles. The van der Waals surface area contributed by atoms with E-state index in [2.05, 4.69) is 6.58 Å². The number of methoxy groups -OCH3 is 1. The molecule has 1 heterocycles. The van der Waals surface area contributed by atoms with Gasteiger partial charge in [0.1, 0.15) is 5.60 Å². The number of hydrogen-bond donors (Lipinski definition) is 0. The average molecular weight is 330 g/mol. The van der Waals surface area contributed by atoms with E-state index >= 15 is 0 Å². The Labute approximate surface area is 143 Å². The molecule has 4 nitrogen and oxygen atoms in total. The summed E-state index contributed by atoms with van der Waals surface area (Å²) in [5.41, 5.74) is 0.249. The van der Waals surface area contributed by atoms with Gasteiger partial charge in [-0.3, -0.25) is 9.59 Å². The minimum atomic E-state index is -0.525. The largest absolute Gasteiger partial charge is 0.469 e. The summed E-state index contributed by atoms with van der Waals surface area (Å²) in [6, 6.07) is 0. The second-order valence-electron chi connectivity index (χ2n) is 9.19. The van der Waals surface area contributed by atoms with Crippen LogP contribution in [-0.2, 0) is 19.1 Å². The first-order chi connectivity index (χ1) is 11.4. The number of hydrogen-bond acceptors (Lipinski definition) is 4. The first kappa shape index (κ1) is 15.0. The van der Waals surface area contributed by atoms with E-state index in [1.807, 2.05) is 6.92 Å². The van der Waals surface area contributed by atoms with E-state index in [1.54, 1.807) is 0 Å². The number of ether oxygens (including phenoxy) is 2. The van der Waals surface area contributed by atoms with Crippen LogP contribution in [0.1, 0.15) is 51.9 Å². The Balaban J connectivity index is 1.74. The van der Waals surface area contributed by atoms with E-state index in [1.165, 1.54) is 12.7 Å². The van der Waals surface area contributed by atoms with Crippen molar-refractivity contribution >= 4 is 11.9 Å². The van der Waals surface area contributed by atoms with Crippen LogP contribution in [0.15, 0.2) is 12.2 Å². The molecule has 5 rings (SSSR count). The zero-order valence-corrected chi connectivity index (χ0v) is 14.6. The van der Waals surface area contributed by atoms with E-state index in [0.29, 0.717) is 11.8 Å². The van der Waals surface area contributed by atoms with Crippen LogP contribution < -0.4 is 0 Å². The van der Waals surface area contributed by atoms with Crippen LogP contribution in [-0.4, -0.2) is 24.6 Å². The van der Waals surface area contributed by atoms with Gasteiger partial charge in [0, 0.05) is 11.8 Å². The summed E-state index contributed by atoms with van der Waals surface area (Å²) < 4.78 is 11.5. The predicted octanol–water partition coefficient (Wildman–Crippen LogP) is 3.25. The van der Waals surface area contributed by atoms with E-state index in [9.17, 15) is 9.59 Å². The van der Waals surface area contributed by atoms with Crippen molar-refractivity contribution in [1.82, 2.24) is 0 Å². The molecule has 0 aromatic heterocycles. The molecule has 0 aromatic rings. The van der Waals surface area contributed by atoms with Crippen LogP contribution in [0.5, 0.6) is 0 Å². The van der Waals surface area contributed by atoms with Gasteiger partial charge >= 0.3 is 11.9 Å². The highest BCUT2D eigenvalue weighted by molar-refractivity contribution is 5.85. The van der Waals surface area contributed by atoms with Crippen molar-refractivity contribution in [2.45, 2.75) is 57.5 Å². The van der Waals surface area contributed by atoms with E-state index in [0.717, 1.165) is 44.9 Å². The van der Waals surface area contributed by atoms with Gasteiger partial charge in [0.2, 0.25) is 0 Å². The van der Waals surface area contributed by atoms with Crippen molar-refractivity contribution in [3.63, 3.8) is 0 Å². The Kier molecular flexibility index (Phi) is 2.66. The summed E-state index contributed by atoms with van der Waals surface area (Å²) >= 11 is 0. The third-order valence-electron chi connectivity index (χ3n) is 8.48. The lowest BCUT2D eigenvalue weighted by Crippen LogP contribution is -2.47. The molecule has 0 radical (unpaired) electrons.